The van der Waals surface area contributed by atoms with Gasteiger partial charge in [0.1, 0.15) is 31.4 Å². The molecule has 2 aromatic carbocycles. The van der Waals surface area contributed by atoms with Gasteiger partial charge in [0, 0.05) is 29.3 Å². The Morgan fingerprint density at radius 3 is 2.00 bits per heavy atom. The normalized spacial score (nSPS) is 14.9. The van der Waals surface area contributed by atoms with E-state index in [1.54, 1.807) is 28.4 Å². The van der Waals surface area contributed by atoms with E-state index in [9.17, 15) is 0 Å². The molecule has 0 unspecified atom stereocenters. The lowest BCUT2D eigenvalue weighted by Gasteiger charge is -2.22. The monoisotopic (exact) mass is 533 g/mol. The van der Waals surface area contributed by atoms with Gasteiger partial charge < -0.3 is 36.1 Å². The van der Waals surface area contributed by atoms with E-state index in [0.717, 1.165) is 22.3 Å². The van der Waals surface area contributed by atoms with Gasteiger partial charge in [-0.1, -0.05) is 24.3 Å². The second-order valence-corrected chi connectivity index (χ2v) is 8.55. The van der Waals surface area contributed by atoms with Crippen molar-refractivity contribution in [1.82, 2.24) is 0 Å². The lowest BCUT2D eigenvalue weighted by atomic mass is 9.98. The number of ether oxygens (including phenoxy) is 5. The van der Waals surface area contributed by atoms with E-state index in [0.29, 0.717) is 34.5 Å². The average Bonchev–Trinajstić information content (AvgIpc) is 2.93. The van der Waals surface area contributed by atoms with Gasteiger partial charge in [-0.05, 0) is 53.6 Å². The molecule has 38 heavy (non-hydrogen) atoms. The molecule has 2 aliphatic rings. The van der Waals surface area contributed by atoms with Crippen molar-refractivity contribution >= 4 is 17.0 Å². The zero-order valence-electron chi connectivity index (χ0n) is 22.4. The number of hydrogen-bond donors (Lipinski definition) is 0. The molecule has 7 heteroatoms. The minimum absolute atomic E-state index is 0. The number of methoxy groups -OCH3 is 4. The summed E-state index contributed by atoms with van der Waals surface area (Å²) in [5, 5.41) is 0. The van der Waals surface area contributed by atoms with Crippen molar-refractivity contribution < 1.29 is 40.7 Å². The minimum atomic E-state index is 0. The minimum Gasteiger partial charge on any atom is -1.00 e. The summed E-state index contributed by atoms with van der Waals surface area (Å²) in [5.74, 6) is 3.71. The average molecular weight is 534 g/mol. The van der Waals surface area contributed by atoms with Crippen LogP contribution in [0.5, 0.6) is 28.7 Å². The second-order valence-electron chi connectivity index (χ2n) is 8.55. The predicted octanol–water partition coefficient (Wildman–Crippen LogP) is 2.86. The number of hydrogen-bond acceptors (Lipinski definition) is 5. The molecule has 0 fully saturated rings. The van der Waals surface area contributed by atoms with E-state index in [1.807, 2.05) is 62.7 Å². The van der Waals surface area contributed by atoms with E-state index in [-0.39, 0.29) is 12.4 Å². The Balaban J connectivity index is 0.00000400. The van der Waals surface area contributed by atoms with Gasteiger partial charge in [0.25, 0.3) is 0 Å². The fourth-order valence-corrected chi connectivity index (χ4v) is 4.03. The van der Waals surface area contributed by atoms with Gasteiger partial charge in [-0.3, -0.25) is 0 Å². The Morgan fingerprint density at radius 2 is 1.42 bits per heavy atom. The molecule has 0 bridgehead atoms. The Morgan fingerprint density at radius 1 is 0.763 bits per heavy atom. The number of nitrogens with zero attached hydrogens (tertiary/aromatic N) is 1. The number of halogens is 1. The Bertz CT molecular complexity index is 1360. The van der Waals surface area contributed by atoms with Crippen LogP contribution in [0.15, 0.2) is 90.6 Å². The van der Waals surface area contributed by atoms with Crippen molar-refractivity contribution in [3.05, 3.63) is 102 Å². The number of allylic oxidation sites excluding steroid dienone is 11. The molecule has 0 amide bonds. The highest BCUT2D eigenvalue weighted by Crippen LogP contribution is 2.43. The first-order valence-electron chi connectivity index (χ1n) is 11.8. The van der Waals surface area contributed by atoms with Gasteiger partial charge in [-0.15, -0.1) is 0 Å². The third-order valence-electron chi connectivity index (χ3n) is 6.04. The highest BCUT2D eigenvalue weighted by molar-refractivity contribution is 6.02. The quantitative estimate of drug-likeness (QED) is 0.512. The van der Waals surface area contributed by atoms with Crippen molar-refractivity contribution in [3.8, 4) is 28.7 Å². The molecule has 0 atom stereocenters. The second kappa shape index (κ2) is 12.9. The van der Waals surface area contributed by atoms with Gasteiger partial charge in [-0.25, -0.2) is 4.58 Å². The molecule has 0 N–H and O–H groups in total. The maximum Gasteiger partial charge on any atom is 0.203 e. The highest BCUT2D eigenvalue weighted by atomic mass is 35.5. The third kappa shape index (κ3) is 6.21. The number of benzene rings is 2. The Kier molecular flexibility index (Phi) is 9.63. The summed E-state index contributed by atoms with van der Waals surface area (Å²) in [6, 6.07) is 9.56. The maximum atomic E-state index is 6.32. The van der Waals surface area contributed by atoms with Crippen LogP contribution >= 0.6 is 0 Å². The summed E-state index contributed by atoms with van der Waals surface area (Å²) in [6.07, 6.45) is 18.6. The Hall–Kier alpha value is -4.16. The van der Waals surface area contributed by atoms with E-state index in [2.05, 4.69) is 41.0 Å². The third-order valence-corrected chi connectivity index (χ3v) is 6.04. The summed E-state index contributed by atoms with van der Waals surface area (Å²) >= 11 is 0. The van der Waals surface area contributed by atoms with E-state index in [4.69, 9.17) is 23.7 Å². The fourth-order valence-electron chi connectivity index (χ4n) is 4.03. The highest BCUT2D eigenvalue weighted by Gasteiger charge is 2.22. The van der Waals surface area contributed by atoms with Crippen molar-refractivity contribution in [3.63, 3.8) is 0 Å². The SMILES string of the molecule is COc1ccc2c(c1)OC(c1cc(OC)c(OC)c(OC)c1)=CC2=CC=CC=C1C=CC(=[N+](C)C)C=C1.[Cl-]. The van der Waals surface area contributed by atoms with Crippen molar-refractivity contribution in [2.45, 2.75) is 0 Å². The van der Waals surface area contributed by atoms with Gasteiger partial charge >= 0.3 is 0 Å². The molecule has 0 saturated carbocycles. The first-order chi connectivity index (χ1) is 18.0. The van der Waals surface area contributed by atoms with Crippen LogP contribution in [-0.2, 0) is 0 Å². The summed E-state index contributed by atoms with van der Waals surface area (Å²) in [5.41, 5.74) is 5.07. The van der Waals surface area contributed by atoms with Crippen LogP contribution in [0.3, 0.4) is 0 Å². The lowest BCUT2D eigenvalue weighted by Crippen LogP contribution is -3.00. The van der Waals surface area contributed by atoms with E-state index < -0.39 is 0 Å². The summed E-state index contributed by atoms with van der Waals surface area (Å²) in [7, 11) is 10.5. The van der Waals surface area contributed by atoms with Crippen LogP contribution < -0.4 is 36.1 Å². The number of rotatable bonds is 7. The zero-order chi connectivity index (χ0) is 26.4. The van der Waals surface area contributed by atoms with Gasteiger partial charge in [0.05, 0.1) is 28.4 Å². The molecular formula is C31H32ClNO5. The first-order valence-corrected chi connectivity index (χ1v) is 11.8. The number of fused-ring (bicyclic) bond motifs is 1. The summed E-state index contributed by atoms with van der Waals surface area (Å²) < 4.78 is 30.4. The van der Waals surface area contributed by atoms with E-state index >= 15 is 0 Å². The largest absolute Gasteiger partial charge is 1.00 e. The molecule has 1 heterocycles. The van der Waals surface area contributed by atoms with Crippen molar-refractivity contribution in [2.75, 3.05) is 42.5 Å². The maximum absolute atomic E-state index is 6.32. The molecule has 0 aromatic heterocycles. The topological polar surface area (TPSA) is 49.2 Å². The predicted molar refractivity (Wildman–Crippen MR) is 148 cm³/mol. The van der Waals surface area contributed by atoms with Crippen molar-refractivity contribution in [2.24, 2.45) is 0 Å². The van der Waals surface area contributed by atoms with Crippen LogP contribution in [0, 0.1) is 0 Å². The molecule has 198 valence electrons. The zero-order valence-corrected chi connectivity index (χ0v) is 23.2. The summed E-state index contributed by atoms with van der Waals surface area (Å²) in [6.45, 7) is 0. The molecular weight excluding hydrogens is 502 g/mol. The first kappa shape index (κ1) is 28.4. The molecule has 2 aromatic rings. The lowest BCUT2D eigenvalue weighted by molar-refractivity contribution is -0.462. The molecule has 1 aliphatic heterocycles. The Labute approximate surface area is 230 Å². The molecule has 1 aliphatic carbocycles. The van der Waals surface area contributed by atoms with Crippen LogP contribution in [0.25, 0.3) is 11.3 Å². The molecule has 4 rings (SSSR count). The molecule has 6 nitrogen and oxygen atoms in total. The van der Waals surface area contributed by atoms with Crippen LogP contribution in [0.1, 0.15) is 11.1 Å². The van der Waals surface area contributed by atoms with Crippen LogP contribution in [-0.4, -0.2) is 52.8 Å². The van der Waals surface area contributed by atoms with Crippen molar-refractivity contribution in [1.29, 1.82) is 0 Å². The standard InChI is InChI=1S/C31H32NO5.ClH/c1-32(2)24-13-11-21(12-14-24)9-7-8-10-22-17-27(37-28-20-25(33-3)15-16-26(22)28)23-18-29(34-4)31(36-6)30(19-23)35-5;/h7-20H,1-6H3;1H/q+1;/p-1. The molecule has 0 radical (unpaired) electrons. The molecule has 0 saturated heterocycles. The van der Waals surface area contributed by atoms with Gasteiger partial charge in [-0.2, -0.15) is 0 Å². The van der Waals surface area contributed by atoms with Gasteiger partial charge in [0.15, 0.2) is 17.2 Å². The van der Waals surface area contributed by atoms with E-state index in [1.165, 1.54) is 5.71 Å². The fraction of sp³-hybridized carbons (Fsp3) is 0.194. The van der Waals surface area contributed by atoms with Crippen LogP contribution in [0.4, 0.5) is 0 Å². The van der Waals surface area contributed by atoms with Gasteiger partial charge in [0.2, 0.25) is 5.75 Å². The smallest absolute Gasteiger partial charge is 0.203 e. The summed E-state index contributed by atoms with van der Waals surface area (Å²) in [4.78, 5) is 0. The van der Waals surface area contributed by atoms with Crippen LogP contribution in [0.2, 0.25) is 0 Å². The molecule has 0 spiro atoms.